The fourth-order valence-corrected chi connectivity index (χ4v) is 2.96. The fraction of sp³-hybridized carbons (Fsp3) is 0.176. The lowest BCUT2D eigenvalue weighted by Crippen LogP contribution is -1.97. The third-order valence-corrected chi connectivity index (χ3v) is 3.98. The van der Waals surface area contributed by atoms with E-state index in [1.54, 1.807) is 11.3 Å². The van der Waals surface area contributed by atoms with Crippen LogP contribution in [0.2, 0.25) is 0 Å². The van der Waals surface area contributed by atoms with Crippen molar-refractivity contribution >= 4 is 16.3 Å². The van der Waals surface area contributed by atoms with Gasteiger partial charge in [-0.15, -0.1) is 11.3 Å². The SMILES string of the molecule is C=C(C)COc1ccc(-c2nc3sccn3c2CC#N)cc1. The molecule has 0 N–H and O–H groups in total. The number of aromatic nitrogens is 2. The minimum absolute atomic E-state index is 0.334. The summed E-state index contributed by atoms with van der Waals surface area (Å²) in [6.07, 6.45) is 2.29. The highest BCUT2D eigenvalue weighted by atomic mass is 32.1. The quantitative estimate of drug-likeness (QED) is 0.667. The van der Waals surface area contributed by atoms with Crippen LogP contribution in [0.5, 0.6) is 5.75 Å². The molecule has 0 radical (unpaired) electrons. The summed E-state index contributed by atoms with van der Waals surface area (Å²) in [5.41, 5.74) is 3.76. The molecule has 0 aliphatic carbocycles. The average molecular weight is 309 g/mol. The second-order valence-electron chi connectivity index (χ2n) is 5.07. The van der Waals surface area contributed by atoms with Gasteiger partial charge in [-0.3, -0.25) is 4.40 Å². The lowest BCUT2D eigenvalue weighted by atomic mass is 10.1. The Hall–Kier alpha value is -2.58. The molecule has 0 bridgehead atoms. The Bertz CT molecular complexity index is 852. The number of nitriles is 1. The first-order valence-corrected chi connectivity index (χ1v) is 7.76. The normalized spacial score (nSPS) is 10.5. The van der Waals surface area contributed by atoms with Gasteiger partial charge in [0.2, 0.25) is 0 Å². The van der Waals surface area contributed by atoms with Crippen LogP contribution in [0.4, 0.5) is 0 Å². The standard InChI is InChI=1S/C17H15N3OS/c1-12(2)11-21-14-5-3-13(4-6-14)16-15(7-8-18)20-9-10-22-17(20)19-16/h3-6,9-10H,1,7,11H2,2H3. The smallest absolute Gasteiger partial charge is 0.194 e. The highest BCUT2D eigenvalue weighted by Crippen LogP contribution is 2.28. The number of fused-ring (bicyclic) bond motifs is 1. The first-order chi connectivity index (χ1) is 10.7. The van der Waals surface area contributed by atoms with Crippen LogP contribution in [0.3, 0.4) is 0 Å². The molecule has 0 atom stereocenters. The van der Waals surface area contributed by atoms with Crippen LogP contribution in [0.15, 0.2) is 48.0 Å². The van der Waals surface area contributed by atoms with Crippen molar-refractivity contribution in [3.05, 3.63) is 53.7 Å². The molecule has 3 rings (SSSR count). The first-order valence-electron chi connectivity index (χ1n) is 6.88. The van der Waals surface area contributed by atoms with Crippen molar-refractivity contribution < 1.29 is 4.74 Å². The Morgan fingerprint density at radius 3 is 2.86 bits per heavy atom. The molecular formula is C17H15N3OS. The molecule has 0 spiro atoms. The van der Waals surface area contributed by atoms with E-state index in [2.05, 4.69) is 17.6 Å². The van der Waals surface area contributed by atoms with Crippen LogP contribution in [-0.2, 0) is 6.42 Å². The monoisotopic (exact) mass is 309 g/mol. The Morgan fingerprint density at radius 1 is 1.41 bits per heavy atom. The van der Waals surface area contributed by atoms with Crippen molar-refractivity contribution in [2.45, 2.75) is 13.3 Å². The van der Waals surface area contributed by atoms with Gasteiger partial charge < -0.3 is 4.74 Å². The largest absolute Gasteiger partial charge is 0.489 e. The van der Waals surface area contributed by atoms with Crippen LogP contribution in [-0.4, -0.2) is 16.0 Å². The summed E-state index contributed by atoms with van der Waals surface area (Å²) < 4.78 is 7.59. The Kier molecular flexibility index (Phi) is 3.94. The van der Waals surface area contributed by atoms with Crippen molar-refractivity contribution in [3.8, 4) is 23.1 Å². The molecule has 2 aromatic heterocycles. The Labute approximate surface area is 132 Å². The topological polar surface area (TPSA) is 50.3 Å². The second kappa shape index (κ2) is 6.04. The number of ether oxygens (including phenoxy) is 1. The van der Waals surface area contributed by atoms with Gasteiger partial charge in [0.15, 0.2) is 4.96 Å². The van der Waals surface area contributed by atoms with Crippen molar-refractivity contribution in [1.82, 2.24) is 9.38 Å². The predicted octanol–water partition coefficient (Wildman–Crippen LogP) is 4.08. The molecule has 0 saturated heterocycles. The van der Waals surface area contributed by atoms with Crippen LogP contribution in [0, 0.1) is 11.3 Å². The van der Waals surface area contributed by atoms with Crippen molar-refractivity contribution in [3.63, 3.8) is 0 Å². The van der Waals surface area contributed by atoms with Gasteiger partial charge >= 0.3 is 0 Å². The van der Waals surface area contributed by atoms with Crippen molar-refractivity contribution in [1.29, 1.82) is 5.26 Å². The Morgan fingerprint density at radius 2 is 2.18 bits per heavy atom. The van der Waals surface area contributed by atoms with E-state index in [9.17, 15) is 0 Å². The van der Waals surface area contributed by atoms with E-state index in [1.807, 2.05) is 47.2 Å². The number of rotatable bonds is 5. The molecule has 3 aromatic rings. The van der Waals surface area contributed by atoms with E-state index >= 15 is 0 Å². The summed E-state index contributed by atoms with van der Waals surface area (Å²) in [6.45, 7) is 6.26. The van der Waals surface area contributed by atoms with Gasteiger partial charge in [0.1, 0.15) is 12.4 Å². The molecule has 5 heteroatoms. The lowest BCUT2D eigenvalue weighted by Gasteiger charge is -2.06. The molecule has 0 saturated carbocycles. The molecule has 4 nitrogen and oxygen atoms in total. The maximum atomic E-state index is 9.06. The van der Waals surface area contributed by atoms with E-state index in [1.165, 1.54) is 0 Å². The third kappa shape index (κ3) is 2.74. The molecule has 0 fully saturated rings. The van der Waals surface area contributed by atoms with Crippen molar-refractivity contribution in [2.24, 2.45) is 0 Å². The van der Waals surface area contributed by atoms with Gasteiger partial charge in [-0.25, -0.2) is 4.98 Å². The van der Waals surface area contributed by atoms with Crippen LogP contribution in [0.25, 0.3) is 16.2 Å². The molecule has 0 aliphatic heterocycles. The number of nitrogens with zero attached hydrogens (tertiary/aromatic N) is 3. The maximum Gasteiger partial charge on any atom is 0.194 e. The van der Waals surface area contributed by atoms with E-state index in [0.717, 1.165) is 33.2 Å². The van der Waals surface area contributed by atoms with Crippen LogP contribution >= 0.6 is 11.3 Å². The van der Waals surface area contributed by atoms with Crippen LogP contribution in [0.1, 0.15) is 12.6 Å². The number of hydrogen-bond donors (Lipinski definition) is 0. The van der Waals surface area contributed by atoms with Gasteiger partial charge in [0, 0.05) is 17.1 Å². The molecule has 22 heavy (non-hydrogen) atoms. The van der Waals surface area contributed by atoms with Crippen LogP contribution < -0.4 is 4.74 Å². The molecule has 0 amide bonds. The zero-order valence-electron chi connectivity index (χ0n) is 12.2. The Balaban J connectivity index is 1.93. The highest BCUT2D eigenvalue weighted by Gasteiger charge is 2.14. The highest BCUT2D eigenvalue weighted by molar-refractivity contribution is 7.15. The molecule has 1 aromatic carbocycles. The summed E-state index contributed by atoms with van der Waals surface area (Å²) in [7, 11) is 0. The number of imidazole rings is 1. The van der Waals surface area contributed by atoms with Crippen molar-refractivity contribution in [2.75, 3.05) is 6.61 Å². The summed E-state index contributed by atoms with van der Waals surface area (Å²) in [4.78, 5) is 5.55. The van der Waals surface area contributed by atoms with Gasteiger partial charge in [-0.05, 0) is 36.8 Å². The van der Waals surface area contributed by atoms with Gasteiger partial charge in [0.05, 0.1) is 23.9 Å². The summed E-state index contributed by atoms with van der Waals surface area (Å²) in [5, 5.41) is 11.0. The van der Waals surface area contributed by atoms with E-state index in [4.69, 9.17) is 10.00 Å². The summed E-state index contributed by atoms with van der Waals surface area (Å²) in [6, 6.07) is 10.00. The maximum absolute atomic E-state index is 9.06. The first kappa shape index (κ1) is 14.4. The molecule has 0 aliphatic rings. The predicted molar refractivity (Wildman–Crippen MR) is 88.1 cm³/mol. The number of hydrogen-bond acceptors (Lipinski definition) is 4. The van der Waals surface area contributed by atoms with Gasteiger partial charge in [-0.2, -0.15) is 5.26 Å². The van der Waals surface area contributed by atoms with E-state index in [-0.39, 0.29) is 0 Å². The molecule has 110 valence electrons. The molecule has 2 heterocycles. The zero-order chi connectivity index (χ0) is 15.5. The summed E-state index contributed by atoms with van der Waals surface area (Å²) >= 11 is 1.57. The average Bonchev–Trinajstić information content (AvgIpc) is 3.09. The third-order valence-electron chi connectivity index (χ3n) is 3.22. The van der Waals surface area contributed by atoms with Gasteiger partial charge in [0.25, 0.3) is 0 Å². The van der Waals surface area contributed by atoms with E-state index < -0.39 is 0 Å². The lowest BCUT2D eigenvalue weighted by molar-refractivity contribution is 0.353. The molecule has 0 unspecified atom stereocenters. The minimum atomic E-state index is 0.334. The number of thiazole rings is 1. The summed E-state index contributed by atoms with van der Waals surface area (Å²) in [5.74, 6) is 0.801. The minimum Gasteiger partial charge on any atom is -0.489 e. The second-order valence-corrected chi connectivity index (χ2v) is 5.94. The van der Waals surface area contributed by atoms with Gasteiger partial charge in [-0.1, -0.05) is 6.58 Å². The zero-order valence-corrected chi connectivity index (χ0v) is 13.1. The fourth-order valence-electron chi connectivity index (χ4n) is 2.22. The number of benzene rings is 1. The van der Waals surface area contributed by atoms with E-state index in [0.29, 0.717) is 13.0 Å². The molecular weight excluding hydrogens is 294 g/mol.